The van der Waals surface area contributed by atoms with Gasteiger partial charge in [-0.15, -0.1) is 0 Å². The van der Waals surface area contributed by atoms with E-state index in [1.54, 1.807) is 0 Å². The van der Waals surface area contributed by atoms with E-state index in [-0.39, 0.29) is 23.6 Å². The third kappa shape index (κ3) is 3.10. The molecule has 0 saturated carbocycles. The molecule has 1 aromatic carbocycles. The first kappa shape index (κ1) is 13.3. The standard InChI is InChI=1S/C10H10ClF3O2/c11-8-2-1-6(10(12,13)14)5-7(8)9(16)3-4-15/h1-2,5,9,15-16H,3-4H2. The van der Waals surface area contributed by atoms with Crippen LogP contribution in [0.4, 0.5) is 13.2 Å². The van der Waals surface area contributed by atoms with E-state index in [0.717, 1.165) is 18.2 Å². The predicted octanol–water partition coefficient (Wildman–Crippen LogP) is 2.77. The maximum Gasteiger partial charge on any atom is 0.416 e. The molecule has 0 saturated heterocycles. The molecule has 1 aromatic rings. The second-order valence-electron chi connectivity index (χ2n) is 3.26. The van der Waals surface area contributed by atoms with Crippen molar-refractivity contribution in [2.75, 3.05) is 6.61 Å². The summed E-state index contributed by atoms with van der Waals surface area (Å²) in [5.41, 5.74) is -0.894. The van der Waals surface area contributed by atoms with Crippen LogP contribution < -0.4 is 0 Å². The molecule has 0 spiro atoms. The summed E-state index contributed by atoms with van der Waals surface area (Å²) in [6.07, 6.45) is -5.72. The summed E-state index contributed by atoms with van der Waals surface area (Å²) in [5, 5.41) is 18.1. The molecule has 0 bridgehead atoms. The van der Waals surface area contributed by atoms with Gasteiger partial charge < -0.3 is 10.2 Å². The monoisotopic (exact) mass is 254 g/mol. The lowest BCUT2D eigenvalue weighted by molar-refractivity contribution is -0.137. The molecule has 0 amide bonds. The minimum atomic E-state index is -4.47. The largest absolute Gasteiger partial charge is 0.416 e. The maximum absolute atomic E-state index is 12.4. The van der Waals surface area contributed by atoms with E-state index in [4.69, 9.17) is 16.7 Å². The van der Waals surface area contributed by atoms with Gasteiger partial charge in [0.2, 0.25) is 0 Å². The van der Waals surface area contributed by atoms with E-state index < -0.39 is 17.8 Å². The number of benzene rings is 1. The molecule has 2 nitrogen and oxygen atoms in total. The Balaban J connectivity index is 3.09. The summed E-state index contributed by atoms with van der Waals surface area (Å²) >= 11 is 5.67. The van der Waals surface area contributed by atoms with Crippen LogP contribution in [0.5, 0.6) is 0 Å². The molecular formula is C10H10ClF3O2. The van der Waals surface area contributed by atoms with Crippen molar-refractivity contribution in [2.45, 2.75) is 18.7 Å². The molecule has 16 heavy (non-hydrogen) atoms. The first-order valence-electron chi connectivity index (χ1n) is 4.52. The summed E-state index contributed by atoms with van der Waals surface area (Å²) in [4.78, 5) is 0. The molecule has 1 atom stereocenters. The van der Waals surface area contributed by atoms with Gasteiger partial charge in [0.1, 0.15) is 0 Å². The highest BCUT2D eigenvalue weighted by molar-refractivity contribution is 6.31. The molecule has 0 aliphatic carbocycles. The first-order chi connectivity index (χ1) is 7.36. The quantitative estimate of drug-likeness (QED) is 0.871. The average Bonchev–Trinajstić information content (AvgIpc) is 2.16. The van der Waals surface area contributed by atoms with E-state index in [0.29, 0.717) is 0 Å². The number of aliphatic hydroxyl groups is 2. The molecule has 1 unspecified atom stereocenters. The summed E-state index contributed by atoms with van der Waals surface area (Å²) < 4.78 is 37.1. The molecule has 0 aromatic heterocycles. The van der Waals surface area contributed by atoms with Gasteiger partial charge in [0.25, 0.3) is 0 Å². The van der Waals surface area contributed by atoms with Crippen molar-refractivity contribution in [1.82, 2.24) is 0 Å². The van der Waals surface area contributed by atoms with Crippen LogP contribution in [-0.2, 0) is 6.18 Å². The second-order valence-corrected chi connectivity index (χ2v) is 3.67. The van der Waals surface area contributed by atoms with E-state index in [9.17, 15) is 18.3 Å². The van der Waals surface area contributed by atoms with Crippen LogP contribution in [-0.4, -0.2) is 16.8 Å². The highest BCUT2D eigenvalue weighted by atomic mass is 35.5. The Kier molecular flexibility index (Phi) is 4.18. The predicted molar refractivity (Wildman–Crippen MR) is 53.1 cm³/mol. The highest BCUT2D eigenvalue weighted by Crippen LogP contribution is 2.34. The van der Waals surface area contributed by atoms with E-state index >= 15 is 0 Å². The van der Waals surface area contributed by atoms with Crippen LogP contribution in [0.3, 0.4) is 0 Å². The molecular weight excluding hydrogens is 245 g/mol. The zero-order chi connectivity index (χ0) is 12.3. The molecule has 0 radical (unpaired) electrons. The Morgan fingerprint density at radius 2 is 1.94 bits per heavy atom. The van der Waals surface area contributed by atoms with Gasteiger partial charge in [0.15, 0.2) is 0 Å². The van der Waals surface area contributed by atoms with Crippen LogP contribution in [0, 0.1) is 0 Å². The lowest BCUT2D eigenvalue weighted by atomic mass is 10.0. The van der Waals surface area contributed by atoms with E-state index in [2.05, 4.69) is 0 Å². The Morgan fingerprint density at radius 1 is 1.31 bits per heavy atom. The SMILES string of the molecule is OCCC(O)c1cc(C(F)(F)F)ccc1Cl. The number of rotatable bonds is 3. The molecule has 0 fully saturated rings. The van der Waals surface area contributed by atoms with Gasteiger partial charge in [0, 0.05) is 18.1 Å². The number of hydrogen-bond donors (Lipinski definition) is 2. The van der Waals surface area contributed by atoms with Gasteiger partial charge in [-0.2, -0.15) is 13.2 Å². The van der Waals surface area contributed by atoms with Gasteiger partial charge in [0.05, 0.1) is 11.7 Å². The van der Waals surface area contributed by atoms with Crippen molar-refractivity contribution >= 4 is 11.6 Å². The van der Waals surface area contributed by atoms with E-state index in [1.165, 1.54) is 0 Å². The van der Waals surface area contributed by atoms with Crippen LogP contribution >= 0.6 is 11.6 Å². The van der Waals surface area contributed by atoms with E-state index in [1.807, 2.05) is 0 Å². The molecule has 1 rings (SSSR count). The van der Waals surface area contributed by atoms with Gasteiger partial charge >= 0.3 is 6.18 Å². The fourth-order valence-corrected chi connectivity index (χ4v) is 1.50. The molecule has 6 heteroatoms. The van der Waals surface area contributed by atoms with Crippen LogP contribution in [0.25, 0.3) is 0 Å². The number of halogens is 4. The smallest absolute Gasteiger partial charge is 0.396 e. The minimum Gasteiger partial charge on any atom is -0.396 e. The Hall–Kier alpha value is -0.780. The van der Waals surface area contributed by atoms with Crippen LogP contribution in [0.2, 0.25) is 5.02 Å². The molecule has 2 N–H and O–H groups in total. The lowest BCUT2D eigenvalue weighted by Gasteiger charge is -2.14. The summed E-state index contributed by atoms with van der Waals surface area (Å²) in [5.74, 6) is 0. The Bertz CT molecular complexity index is 366. The van der Waals surface area contributed by atoms with Crippen molar-refractivity contribution in [3.63, 3.8) is 0 Å². The average molecular weight is 255 g/mol. The molecule has 0 heterocycles. The van der Waals surface area contributed by atoms with Crippen LogP contribution in [0.1, 0.15) is 23.7 Å². The topological polar surface area (TPSA) is 40.5 Å². The summed E-state index contributed by atoms with van der Waals surface area (Å²) in [6, 6.07) is 2.72. The fraction of sp³-hybridized carbons (Fsp3) is 0.400. The van der Waals surface area contributed by atoms with Gasteiger partial charge in [-0.05, 0) is 23.8 Å². The molecule has 90 valence electrons. The van der Waals surface area contributed by atoms with Gasteiger partial charge in [-0.25, -0.2) is 0 Å². The van der Waals surface area contributed by atoms with Crippen molar-refractivity contribution in [2.24, 2.45) is 0 Å². The number of aliphatic hydroxyl groups excluding tert-OH is 2. The summed E-state index contributed by atoms with van der Waals surface area (Å²) in [7, 11) is 0. The normalized spacial score (nSPS) is 13.9. The zero-order valence-corrected chi connectivity index (χ0v) is 8.89. The third-order valence-corrected chi connectivity index (χ3v) is 2.43. The number of alkyl halides is 3. The highest BCUT2D eigenvalue weighted by Gasteiger charge is 2.31. The lowest BCUT2D eigenvalue weighted by Crippen LogP contribution is -2.08. The Morgan fingerprint density at radius 3 is 2.44 bits per heavy atom. The summed E-state index contributed by atoms with van der Waals surface area (Å²) in [6.45, 7) is -0.326. The Labute approximate surface area is 95.3 Å². The zero-order valence-electron chi connectivity index (χ0n) is 8.13. The minimum absolute atomic E-state index is 0.0226. The van der Waals surface area contributed by atoms with Crippen LogP contribution in [0.15, 0.2) is 18.2 Å². The molecule has 0 aliphatic rings. The first-order valence-corrected chi connectivity index (χ1v) is 4.89. The van der Waals surface area contributed by atoms with Crippen molar-refractivity contribution in [3.05, 3.63) is 34.3 Å². The van der Waals surface area contributed by atoms with Crippen molar-refractivity contribution in [1.29, 1.82) is 0 Å². The van der Waals surface area contributed by atoms with Crippen molar-refractivity contribution < 1.29 is 23.4 Å². The van der Waals surface area contributed by atoms with Gasteiger partial charge in [-0.3, -0.25) is 0 Å². The number of hydrogen-bond acceptors (Lipinski definition) is 2. The van der Waals surface area contributed by atoms with Gasteiger partial charge in [-0.1, -0.05) is 11.6 Å². The third-order valence-electron chi connectivity index (χ3n) is 2.08. The maximum atomic E-state index is 12.4. The molecule has 0 aliphatic heterocycles. The van der Waals surface area contributed by atoms with Crippen molar-refractivity contribution in [3.8, 4) is 0 Å². The fourth-order valence-electron chi connectivity index (χ4n) is 1.25. The second kappa shape index (κ2) is 5.03.